The van der Waals surface area contributed by atoms with Gasteiger partial charge in [0.25, 0.3) is 0 Å². The Balaban J connectivity index is 2.05. The number of hydrogen-bond donors (Lipinski definition) is 0. The zero-order valence-corrected chi connectivity index (χ0v) is 12.7. The van der Waals surface area contributed by atoms with E-state index in [1.807, 2.05) is 24.3 Å². The van der Waals surface area contributed by atoms with Crippen molar-refractivity contribution in [3.63, 3.8) is 0 Å². The zero-order chi connectivity index (χ0) is 15.3. The van der Waals surface area contributed by atoms with Gasteiger partial charge >= 0.3 is 0 Å². The summed E-state index contributed by atoms with van der Waals surface area (Å²) in [6.07, 6.45) is 0.0131. The number of rotatable bonds is 6. The lowest BCUT2D eigenvalue weighted by Crippen LogP contribution is -2.23. The minimum atomic E-state index is -3.34. The molecule has 4 heteroatoms. The lowest BCUT2D eigenvalue weighted by Gasteiger charge is -2.12. The van der Waals surface area contributed by atoms with Gasteiger partial charge in [-0.15, -0.1) is 0 Å². The summed E-state index contributed by atoms with van der Waals surface area (Å²) in [4.78, 5) is 12.1. The van der Waals surface area contributed by atoms with E-state index < -0.39 is 15.1 Å². The number of benzene rings is 2. The van der Waals surface area contributed by atoms with Gasteiger partial charge in [0.15, 0.2) is 15.6 Å². The number of carbonyl (C=O) groups excluding carboxylic acids is 1. The lowest BCUT2D eigenvalue weighted by atomic mass is 10.1. The molecular weight excluding hydrogens is 284 g/mol. The molecule has 0 fully saturated rings. The van der Waals surface area contributed by atoms with Crippen LogP contribution in [0, 0.1) is 0 Å². The quantitative estimate of drug-likeness (QED) is 0.770. The van der Waals surface area contributed by atoms with Crippen LogP contribution in [0.25, 0.3) is 0 Å². The molecule has 0 saturated carbocycles. The van der Waals surface area contributed by atoms with Gasteiger partial charge in [-0.1, -0.05) is 60.7 Å². The van der Waals surface area contributed by atoms with Gasteiger partial charge in [-0.05, 0) is 12.5 Å². The van der Waals surface area contributed by atoms with Gasteiger partial charge in [-0.3, -0.25) is 4.79 Å². The Hall–Kier alpha value is -1.94. The van der Waals surface area contributed by atoms with Crippen molar-refractivity contribution in [1.82, 2.24) is 0 Å². The molecule has 0 radical (unpaired) electrons. The van der Waals surface area contributed by atoms with E-state index in [0.717, 1.165) is 5.56 Å². The van der Waals surface area contributed by atoms with Crippen molar-refractivity contribution in [3.05, 3.63) is 71.8 Å². The number of sulfone groups is 1. The first kappa shape index (κ1) is 15.4. The van der Waals surface area contributed by atoms with Crippen molar-refractivity contribution >= 4 is 15.6 Å². The molecule has 0 spiro atoms. The Kier molecular flexibility index (Phi) is 4.91. The molecule has 0 heterocycles. The number of ketones is 1. The Labute approximate surface area is 125 Å². The summed E-state index contributed by atoms with van der Waals surface area (Å²) < 4.78 is 24.6. The zero-order valence-electron chi connectivity index (χ0n) is 11.9. The van der Waals surface area contributed by atoms with Crippen LogP contribution in [0.3, 0.4) is 0 Å². The summed E-state index contributed by atoms with van der Waals surface area (Å²) in [7, 11) is -3.34. The highest BCUT2D eigenvalue weighted by Gasteiger charge is 2.24. The van der Waals surface area contributed by atoms with E-state index in [9.17, 15) is 13.2 Å². The van der Waals surface area contributed by atoms with Crippen LogP contribution in [-0.4, -0.2) is 19.5 Å². The van der Waals surface area contributed by atoms with Crippen molar-refractivity contribution < 1.29 is 13.2 Å². The molecule has 0 N–H and O–H groups in total. The molecule has 110 valence electrons. The number of hydrogen-bond acceptors (Lipinski definition) is 3. The van der Waals surface area contributed by atoms with Crippen molar-refractivity contribution in [2.24, 2.45) is 0 Å². The van der Waals surface area contributed by atoms with Crippen LogP contribution in [0.1, 0.15) is 29.3 Å². The first-order valence-electron chi connectivity index (χ1n) is 6.83. The van der Waals surface area contributed by atoms with E-state index in [1.165, 1.54) is 0 Å². The van der Waals surface area contributed by atoms with Crippen molar-refractivity contribution in [3.8, 4) is 0 Å². The Morgan fingerprint density at radius 2 is 1.48 bits per heavy atom. The summed E-state index contributed by atoms with van der Waals surface area (Å²) in [6.45, 7) is 1.60. The molecule has 0 aromatic heterocycles. The monoisotopic (exact) mass is 302 g/mol. The highest BCUT2D eigenvalue weighted by molar-refractivity contribution is 7.91. The van der Waals surface area contributed by atoms with Gasteiger partial charge in [0.1, 0.15) is 0 Å². The second-order valence-corrected chi connectivity index (χ2v) is 7.52. The van der Waals surface area contributed by atoms with E-state index in [4.69, 9.17) is 0 Å². The lowest BCUT2D eigenvalue weighted by molar-refractivity contribution is 0.0982. The average Bonchev–Trinajstić information content (AvgIpc) is 2.48. The Morgan fingerprint density at radius 1 is 0.952 bits per heavy atom. The van der Waals surface area contributed by atoms with E-state index >= 15 is 0 Å². The van der Waals surface area contributed by atoms with Gasteiger partial charge in [0.2, 0.25) is 0 Å². The summed E-state index contributed by atoms with van der Waals surface area (Å²) in [5.74, 6) is -0.170. The van der Waals surface area contributed by atoms with E-state index in [0.29, 0.717) is 5.56 Å². The number of Topliss-reactive ketones (excluding diaryl/α,β-unsaturated/α-hetero) is 1. The topological polar surface area (TPSA) is 51.2 Å². The van der Waals surface area contributed by atoms with Crippen LogP contribution >= 0.6 is 0 Å². The molecule has 0 aliphatic heterocycles. The molecule has 0 amide bonds. The maximum atomic E-state index is 12.3. The maximum Gasteiger partial charge on any atom is 0.164 e. The second kappa shape index (κ2) is 6.68. The van der Waals surface area contributed by atoms with E-state index in [2.05, 4.69) is 0 Å². The molecule has 0 bridgehead atoms. The fourth-order valence-electron chi connectivity index (χ4n) is 2.08. The predicted octanol–water partition coefficient (Wildman–Crippen LogP) is 3.26. The Bertz CT molecular complexity index is 691. The van der Waals surface area contributed by atoms with Gasteiger partial charge in [-0.2, -0.15) is 0 Å². The minimum absolute atomic E-state index is 0.0131. The van der Waals surface area contributed by atoms with Crippen LogP contribution in [0.5, 0.6) is 0 Å². The van der Waals surface area contributed by atoms with Crippen LogP contribution in [-0.2, 0) is 15.6 Å². The first-order chi connectivity index (χ1) is 9.99. The fourth-order valence-corrected chi connectivity index (χ4v) is 3.43. The standard InChI is InChI=1S/C17H18O3S/c1-14(12-17(18)16-10-6-3-7-11-16)21(19,20)13-15-8-4-2-5-9-15/h2-11,14H,12-13H2,1H3/t14-/m0/s1. The van der Waals surface area contributed by atoms with Gasteiger partial charge in [0, 0.05) is 12.0 Å². The first-order valence-corrected chi connectivity index (χ1v) is 8.54. The summed E-state index contributed by atoms with van der Waals surface area (Å²) in [5, 5.41) is -0.689. The molecule has 0 unspecified atom stereocenters. The van der Waals surface area contributed by atoms with Crippen LogP contribution < -0.4 is 0 Å². The van der Waals surface area contributed by atoms with Gasteiger partial charge in [-0.25, -0.2) is 8.42 Å². The third-order valence-corrected chi connectivity index (χ3v) is 5.52. The van der Waals surface area contributed by atoms with Crippen LogP contribution in [0.2, 0.25) is 0 Å². The fraction of sp³-hybridized carbons (Fsp3) is 0.235. The SMILES string of the molecule is C[C@@H](CC(=O)c1ccccc1)S(=O)(=O)Cc1ccccc1. The molecule has 1 atom stereocenters. The van der Waals surface area contributed by atoms with E-state index in [1.54, 1.807) is 43.3 Å². The smallest absolute Gasteiger partial charge is 0.164 e. The van der Waals surface area contributed by atoms with Gasteiger partial charge in [0.05, 0.1) is 11.0 Å². The summed E-state index contributed by atoms with van der Waals surface area (Å²) in [5.41, 5.74) is 1.30. The second-order valence-electron chi connectivity index (χ2n) is 5.10. The average molecular weight is 302 g/mol. The Morgan fingerprint density at radius 3 is 2.05 bits per heavy atom. The minimum Gasteiger partial charge on any atom is -0.294 e. The third kappa shape index (κ3) is 4.26. The summed E-state index contributed by atoms with van der Waals surface area (Å²) in [6, 6.07) is 17.8. The highest BCUT2D eigenvalue weighted by Crippen LogP contribution is 2.16. The summed E-state index contributed by atoms with van der Waals surface area (Å²) >= 11 is 0. The molecule has 2 aromatic carbocycles. The third-order valence-electron chi connectivity index (χ3n) is 3.39. The molecule has 0 aliphatic rings. The van der Waals surface area contributed by atoms with Gasteiger partial charge < -0.3 is 0 Å². The number of carbonyl (C=O) groups is 1. The van der Waals surface area contributed by atoms with Crippen molar-refractivity contribution in [2.45, 2.75) is 24.3 Å². The normalized spacial score (nSPS) is 12.8. The largest absolute Gasteiger partial charge is 0.294 e. The molecule has 21 heavy (non-hydrogen) atoms. The maximum absolute atomic E-state index is 12.3. The van der Waals surface area contributed by atoms with Crippen molar-refractivity contribution in [2.75, 3.05) is 0 Å². The van der Waals surface area contributed by atoms with Crippen molar-refractivity contribution in [1.29, 1.82) is 0 Å². The van der Waals surface area contributed by atoms with E-state index in [-0.39, 0.29) is 18.0 Å². The molecule has 0 saturated heterocycles. The molecule has 0 aliphatic carbocycles. The highest BCUT2D eigenvalue weighted by atomic mass is 32.2. The molecular formula is C17H18O3S. The molecule has 3 nitrogen and oxygen atoms in total. The molecule has 2 rings (SSSR count). The van der Waals surface area contributed by atoms with Crippen LogP contribution in [0.4, 0.5) is 0 Å². The predicted molar refractivity (Wildman–Crippen MR) is 83.9 cm³/mol. The van der Waals surface area contributed by atoms with Crippen LogP contribution in [0.15, 0.2) is 60.7 Å². The molecule has 2 aromatic rings.